The third-order valence-corrected chi connectivity index (χ3v) is 4.19. The second kappa shape index (κ2) is 9.62. The number of guanidine groups is 1. The minimum atomic E-state index is 0.433. The van der Waals surface area contributed by atoms with Gasteiger partial charge in [-0.15, -0.1) is 0 Å². The molecule has 2 N–H and O–H groups in total. The van der Waals surface area contributed by atoms with Gasteiger partial charge < -0.3 is 15.0 Å². The molecule has 0 aromatic carbocycles. The van der Waals surface area contributed by atoms with Crippen LogP contribution in [0, 0.1) is 19.8 Å². The molecule has 1 saturated heterocycles. The van der Waals surface area contributed by atoms with Crippen LogP contribution in [0.4, 0.5) is 5.95 Å². The molecule has 0 bridgehead atoms. The molecule has 138 valence electrons. The van der Waals surface area contributed by atoms with Crippen LogP contribution in [0.1, 0.15) is 31.2 Å². The number of likely N-dealkylation sites (tertiary alicyclic amines) is 1. The van der Waals surface area contributed by atoms with E-state index in [4.69, 9.17) is 17.0 Å². The van der Waals surface area contributed by atoms with Crippen LogP contribution >= 0.6 is 12.2 Å². The molecule has 1 aromatic heterocycles. The van der Waals surface area contributed by atoms with Crippen LogP contribution in [0.3, 0.4) is 0 Å². The smallest absolute Gasteiger partial charge is 0.229 e. The highest BCUT2D eigenvalue weighted by molar-refractivity contribution is 7.80. The molecule has 0 saturated carbocycles. The molecule has 0 amide bonds. The van der Waals surface area contributed by atoms with Gasteiger partial charge in [0, 0.05) is 38.1 Å². The van der Waals surface area contributed by atoms with Crippen LogP contribution in [0.5, 0.6) is 0 Å². The summed E-state index contributed by atoms with van der Waals surface area (Å²) in [5.74, 6) is 1.87. The minimum absolute atomic E-state index is 0.433. The van der Waals surface area contributed by atoms with Gasteiger partial charge in [-0.1, -0.05) is 6.92 Å². The Morgan fingerprint density at radius 3 is 2.76 bits per heavy atom. The SMILES string of the molecule is COCCNC(=S)/N=C(/Nc1nc(C)cc(C)n1)N1CCCC(C)C1. The number of aliphatic imine (C=N–C) groups is 1. The van der Waals surface area contributed by atoms with Crippen LogP contribution in [-0.2, 0) is 4.74 Å². The van der Waals surface area contributed by atoms with Gasteiger partial charge >= 0.3 is 0 Å². The van der Waals surface area contributed by atoms with E-state index in [0.717, 1.165) is 30.9 Å². The highest BCUT2D eigenvalue weighted by Gasteiger charge is 2.21. The summed E-state index contributed by atoms with van der Waals surface area (Å²) in [4.78, 5) is 15.7. The van der Waals surface area contributed by atoms with Gasteiger partial charge in [-0.25, -0.2) is 9.97 Å². The van der Waals surface area contributed by atoms with Crippen molar-refractivity contribution in [1.29, 1.82) is 0 Å². The number of ether oxygens (including phenoxy) is 1. The second-order valence-electron chi connectivity index (χ2n) is 6.45. The Balaban J connectivity index is 2.17. The zero-order valence-electron chi connectivity index (χ0n) is 15.5. The molecule has 1 unspecified atom stereocenters. The lowest BCUT2D eigenvalue weighted by Gasteiger charge is -2.33. The molecule has 1 aliphatic heterocycles. The molecular formula is C17H28N6OS. The van der Waals surface area contributed by atoms with E-state index in [1.807, 2.05) is 19.9 Å². The predicted molar refractivity (Wildman–Crippen MR) is 105 cm³/mol. The molecule has 2 heterocycles. The monoisotopic (exact) mass is 364 g/mol. The van der Waals surface area contributed by atoms with E-state index in [-0.39, 0.29) is 0 Å². The first kappa shape index (κ1) is 19.5. The number of methoxy groups -OCH3 is 1. The van der Waals surface area contributed by atoms with Crippen molar-refractivity contribution in [3.63, 3.8) is 0 Å². The van der Waals surface area contributed by atoms with E-state index >= 15 is 0 Å². The number of piperidine rings is 1. The maximum Gasteiger partial charge on any atom is 0.229 e. The topological polar surface area (TPSA) is 74.7 Å². The van der Waals surface area contributed by atoms with Crippen molar-refractivity contribution in [2.24, 2.45) is 10.9 Å². The Kier molecular flexibility index (Phi) is 7.52. The summed E-state index contributed by atoms with van der Waals surface area (Å²) in [6.45, 7) is 9.26. The number of aryl methyl sites for hydroxylation is 2. The molecular weight excluding hydrogens is 336 g/mol. The zero-order valence-corrected chi connectivity index (χ0v) is 16.3. The normalized spacial score (nSPS) is 18.2. The van der Waals surface area contributed by atoms with Crippen molar-refractivity contribution in [3.8, 4) is 0 Å². The van der Waals surface area contributed by atoms with Crippen LogP contribution in [0.2, 0.25) is 0 Å². The average Bonchev–Trinajstić information content (AvgIpc) is 2.53. The predicted octanol–water partition coefficient (Wildman–Crippen LogP) is 2.11. The first-order valence-electron chi connectivity index (χ1n) is 8.67. The van der Waals surface area contributed by atoms with Crippen molar-refractivity contribution in [2.75, 3.05) is 38.7 Å². The Labute approximate surface area is 155 Å². The van der Waals surface area contributed by atoms with Crippen molar-refractivity contribution in [1.82, 2.24) is 20.2 Å². The summed E-state index contributed by atoms with van der Waals surface area (Å²) < 4.78 is 5.03. The van der Waals surface area contributed by atoms with Crippen LogP contribution < -0.4 is 10.6 Å². The fraction of sp³-hybridized carbons (Fsp3) is 0.647. The number of thiocarbonyl (C=S) groups is 1. The second-order valence-corrected chi connectivity index (χ2v) is 6.84. The molecule has 1 aliphatic rings. The average molecular weight is 365 g/mol. The quantitative estimate of drug-likeness (QED) is 0.367. The van der Waals surface area contributed by atoms with Crippen LogP contribution in [0.15, 0.2) is 11.1 Å². The molecule has 7 nitrogen and oxygen atoms in total. The number of hydrogen-bond donors (Lipinski definition) is 2. The maximum absolute atomic E-state index is 5.35. The van der Waals surface area contributed by atoms with Gasteiger partial charge in [-0.2, -0.15) is 4.99 Å². The first-order chi connectivity index (χ1) is 12.0. The number of hydrogen-bond acceptors (Lipinski definition) is 4. The van der Waals surface area contributed by atoms with Gasteiger partial charge in [-0.3, -0.25) is 5.32 Å². The summed E-state index contributed by atoms with van der Waals surface area (Å²) in [5, 5.41) is 6.78. The lowest BCUT2D eigenvalue weighted by Crippen LogP contribution is -2.44. The summed E-state index contributed by atoms with van der Waals surface area (Å²) >= 11 is 5.35. The number of nitrogens with zero attached hydrogens (tertiary/aromatic N) is 4. The lowest BCUT2D eigenvalue weighted by molar-refractivity contribution is 0.204. The van der Waals surface area contributed by atoms with Gasteiger partial charge in [0.15, 0.2) is 5.11 Å². The van der Waals surface area contributed by atoms with Gasteiger partial charge in [0.05, 0.1) is 6.61 Å². The highest BCUT2D eigenvalue weighted by atomic mass is 32.1. The molecule has 2 rings (SSSR count). The van der Waals surface area contributed by atoms with Crippen LogP contribution in [0.25, 0.3) is 0 Å². The van der Waals surface area contributed by atoms with Crippen molar-refractivity contribution >= 4 is 29.2 Å². The van der Waals surface area contributed by atoms with E-state index < -0.39 is 0 Å². The number of rotatable bonds is 4. The Morgan fingerprint density at radius 1 is 1.40 bits per heavy atom. The minimum Gasteiger partial charge on any atom is -0.383 e. The lowest BCUT2D eigenvalue weighted by atomic mass is 10.0. The van der Waals surface area contributed by atoms with E-state index in [1.54, 1.807) is 7.11 Å². The Morgan fingerprint density at radius 2 is 2.12 bits per heavy atom. The maximum atomic E-state index is 5.35. The van der Waals surface area contributed by atoms with Gasteiger partial charge in [-0.05, 0) is 50.9 Å². The van der Waals surface area contributed by atoms with Gasteiger partial charge in [0.2, 0.25) is 11.9 Å². The summed E-state index contributed by atoms with van der Waals surface area (Å²) in [7, 11) is 1.66. The first-order valence-corrected chi connectivity index (χ1v) is 9.08. The number of aromatic nitrogens is 2. The molecule has 1 aromatic rings. The third kappa shape index (κ3) is 6.55. The van der Waals surface area contributed by atoms with Crippen LogP contribution in [-0.4, -0.2) is 59.3 Å². The molecule has 0 radical (unpaired) electrons. The summed E-state index contributed by atoms with van der Waals surface area (Å²) in [6.07, 6.45) is 2.37. The molecule has 1 atom stereocenters. The number of nitrogens with one attached hydrogen (secondary N) is 2. The molecule has 8 heteroatoms. The third-order valence-electron chi connectivity index (χ3n) is 3.95. The standard InChI is InChI=1S/C17H28N6OS/c1-12-6-5-8-23(11-12)16(22-17(25)18-7-9-24-4)21-15-19-13(2)10-14(3)20-15/h10,12H,5-9,11H2,1-4H3,(H2,18,19,20,21,22,25). The summed E-state index contributed by atoms with van der Waals surface area (Å²) in [5.41, 5.74) is 1.84. The summed E-state index contributed by atoms with van der Waals surface area (Å²) in [6, 6.07) is 1.95. The Bertz CT molecular complexity index is 601. The molecule has 0 spiro atoms. The van der Waals surface area contributed by atoms with Crippen molar-refractivity contribution in [3.05, 3.63) is 17.5 Å². The van der Waals surface area contributed by atoms with E-state index in [2.05, 4.69) is 37.4 Å². The van der Waals surface area contributed by atoms with Gasteiger partial charge in [0.25, 0.3) is 0 Å². The molecule has 25 heavy (non-hydrogen) atoms. The van der Waals surface area contributed by atoms with E-state index in [9.17, 15) is 0 Å². The van der Waals surface area contributed by atoms with Crippen molar-refractivity contribution < 1.29 is 4.74 Å². The molecule has 1 fully saturated rings. The van der Waals surface area contributed by atoms with Gasteiger partial charge in [0.1, 0.15) is 0 Å². The van der Waals surface area contributed by atoms with E-state index in [1.165, 1.54) is 6.42 Å². The zero-order chi connectivity index (χ0) is 18.2. The Hall–Kier alpha value is -1.80. The molecule has 0 aliphatic carbocycles. The van der Waals surface area contributed by atoms with E-state index in [0.29, 0.717) is 36.1 Å². The fourth-order valence-electron chi connectivity index (χ4n) is 2.84. The largest absolute Gasteiger partial charge is 0.383 e. The van der Waals surface area contributed by atoms with Crippen molar-refractivity contribution in [2.45, 2.75) is 33.6 Å². The number of anilines is 1. The highest BCUT2D eigenvalue weighted by Crippen LogP contribution is 2.16. The fourth-order valence-corrected chi connectivity index (χ4v) is 3.03.